The number of aliphatic hydroxyl groups excluding tert-OH is 1. The van der Waals surface area contributed by atoms with E-state index in [0.29, 0.717) is 17.3 Å². The Balaban J connectivity index is 0.00000288. The average molecular weight is 358 g/mol. The number of hydrogen-bond donors (Lipinski definition) is 2. The van der Waals surface area contributed by atoms with E-state index < -0.39 is 6.10 Å². The molecule has 124 valence electrons. The summed E-state index contributed by atoms with van der Waals surface area (Å²) in [5.74, 6) is 0.222. The first-order valence-electron chi connectivity index (χ1n) is 7.46. The minimum absolute atomic E-state index is 0. The normalized spacial score (nSPS) is 11.5. The summed E-state index contributed by atoms with van der Waals surface area (Å²) in [5, 5.41) is 13.9. The summed E-state index contributed by atoms with van der Waals surface area (Å²) in [6, 6.07) is 14.6. The Hall–Kier alpha value is -0.880. The van der Waals surface area contributed by atoms with E-state index in [4.69, 9.17) is 16.3 Å². The van der Waals surface area contributed by atoms with Crippen LogP contribution in [0, 0.1) is 0 Å². The first-order valence-corrected chi connectivity index (χ1v) is 7.84. The first-order chi connectivity index (χ1) is 11.0. The molecule has 0 saturated carbocycles. The monoisotopic (exact) mass is 357 g/mol. The topological polar surface area (TPSA) is 58.6 Å². The van der Waals surface area contributed by atoms with E-state index in [1.165, 1.54) is 6.92 Å². The van der Waals surface area contributed by atoms with E-state index in [2.05, 4.69) is 5.32 Å². The number of aliphatic hydroxyl groups is 1. The van der Waals surface area contributed by atoms with Crippen LogP contribution < -0.4 is 10.1 Å². The average Bonchev–Trinajstić information content (AvgIpc) is 2.52. The van der Waals surface area contributed by atoms with Gasteiger partial charge in [-0.05, 0) is 48.4 Å². The molecule has 0 spiro atoms. The van der Waals surface area contributed by atoms with Crippen LogP contribution in [0.5, 0.6) is 5.75 Å². The molecule has 2 rings (SSSR count). The van der Waals surface area contributed by atoms with Gasteiger partial charge in [-0.15, -0.1) is 0 Å². The molecule has 6 heteroatoms. The number of halogens is 1. The van der Waals surface area contributed by atoms with Crippen LogP contribution in [-0.2, 0) is 11.2 Å². The number of rotatable bonds is 7. The quantitative estimate of drug-likeness (QED) is 0.346. The summed E-state index contributed by atoms with van der Waals surface area (Å²) in [7, 11) is 0. The van der Waals surface area contributed by atoms with Crippen molar-refractivity contribution < 1.29 is 14.6 Å². The van der Waals surface area contributed by atoms with E-state index in [1.54, 1.807) is 24.3 Å². The molecule has 0 bridgehead atoms. The summed E-state index contributed by atoms with van der Waals surface area (Å²) in [6.45, 7) is 2.58. The van der Waals surface area contributed by atoms with Gasteiger partial charge >= 0.3 is 35.5 Å². The van der Waals surface area contributed by atoms with Crippen molar-refractivity contribution in [3.05, 3.63) is 64.7 Å². The fourth-order valence-electron chi connectivity index (χ4n) is 2.19. The van der Waals surface area contributed by atoms with Gasteiger partial charge in [0.1, 0.15) is 5.75 Å². The zero-order chi connectivity index (χ0) is 16.7. The SMILES string of the molecule is CC(=O)Oc1ccc(CCNCC(O)c2cccc(Cl)c2)cc1.[NaH]. The molecule has 0 amide bonds. The predicted octanol–water partition coefficient (Wildman–Crippen LogP) is 2.48. The molecule has 2 N–H and O–H groups in total. The number of ether oxygens (including phenoxy) is 1. The van der Waals surface area contributed by atoms with Crippen LogP contribution in [0.3, 0.4) is 0 Å². The Morgan fingerprint density at radius 3 is 2.58 bits per heavy atom. The fraction of sp³-hybridized carbons (Fsp3) is 0.278. The Morgan fingerprint density at radius 2 is 1.96 bits per heavy atom. The van der Waals surface area contributed by atoms with Gasteiger partial charge in [-0.1, -0.05) is 35.9 Å². The van der Waals surface area contributed by atoms with Crippen LogP contribution in [-0.4, -0.2) is 53.7 Å². The van der Waals surface area contributed by atoms with Gasteiger partial charge in [-0.2, -0.15) is 0 Å². The first kappa shape index (κ1) is 21.2. The summed E-state index contributed by atoms with van der Waals surface area (Å²) in [6.07, 6.45) is 0.239. The maximum atomic E-state index is 10.8. The molecule has 1 unspecified atom stereocenters. The number of carbonyl (C=O) groups excluding carboxylic acids is 1. The van der Waals surface area contributed by atoms with Crippen molar-refractivity contribution in [1.82, 2.24) is 5.32 Å². The van der Waals surface area contributed by atoms with Crippen LogP contribution in [0.4, 0.5) is 0 Å². The molecular weight excluding hydrogens is 337 g/mol. The second-order valence-corrected chi connectivity index (χ2v) is 5.70. The number of carbonyl (C=O) groups is 1. The van der Waals surface area contributed by atoms with Gasteiger partial charge in [0, 0.05) is 18.5 Å². The molecule has 24 heavy (non-hydrogen) atoms. The summed E-state index contributed by atoms with van der Waals surface area (Å²) in [5.41, 5.74) is 1.93. The van der Waals surface area contributed by atoms with Crippen molar-refractivity contribution in [3.8, 4) is 5.75 Å². The number of esters is 1. The van der Waals surface area contributed by atoms with Crippen molar-refractivity contribution >= 4 is 47.1 Å². The molecular formula is C18H21ClNNaO3. The van der Waals surface area contributed by atoms with E-state index in [-0.39, 0.29) is 35.5 Å². The van der Waals surface area contributed by atoms with Crippen LogP contribution in [0.2, 0.25) is 5.02 Å². The molecule has 4 nitrogen and oxygen atoms in total. The van der Waals surface area contributed by atoms with Crippen molar-refractivity contribution in [2.45, 2.75) is 19.4 Å². The molecule has 1 atom stereocenters. The molecule has 0 radical (unpaired) electrons. The van der Waals surface area contributed by atoms with Crippen LogP contribution in [0.15, 0.2) is 48.5 Å². The third kappa shape index (κ3) is 7.34. The van der Waals surface area contributed by atoms with Crippen LogP contribution >= 0.6 is 11.6 Å². The third-order valence-electron chi connectivity index (χ3n) is 3.35. The predicted molar refractivity (Wildman–Crippen MR) is 97.9 cm³/mol. The fourth-order valence-corrected chi connectivity index (χ4v) is 2.39. The molecule has 0 fully saturated rings. The molecule has 0 aliphatic heterocycles. The number of benzene rings is 2. The molecule has 0 aromatic heterocycles. The Labute approximate surface area is 169 Å². The van der Waals surface area contributed by atoms with Crippen LogP contribution in [0.25, 0.3) is 0 Å². The van der Waals surface area contributed by atoms with Gasteiger partial charge < -0.3 is 15.2 Å². The van der Waals surface area contributed by atoms with Crippen molar-refractivity contribution in [2.24, 2.45) is 0 Å². The van der Waals surface area contributed by atoms with Crippen LogP contribution in [0.1, 0.15) is 24.2 Å². The second kappa shape index (κ2) is 10.9. The summed E-state index contributed by atoms with van der Waals surface area (Å²) >= 11 is 5.91. The van der Waals surface area contributed by atoms with E-state index >= 15 is 0 Å². The van der Waals surface area contributed by atoms with Crippen molar-refractivity contribution in [2.75, 3.05) is 13.1 Å². The van der Waals surface area contributed by atoms with E-state index in [1.807, 2.05) is 24.3 Å². The van der Waals surface area contributed by atoms with Crippen molar-refractivity contribution in [1.29, 1.82) is 0 Å². The van der Waals surface area contributed by atoms with Gasteiger partial charge in [0.25, 0.3) is 0 Å². The van der Waals surface area contributed by atoms with Gasteiger partial charge in [0.2, 0.25) is 0 Å². The standard InChI is InChI=1S/C18H20ClNO3.Na.H/c1-13(21)23-17-7-5-14(6-8-17)9-10-20-12-18(22)15-3-2-4-16(19)11-15;;/h2-8,11,18,20,22H,9-10,12H2,1H3;;. The van der Waals surface area contributed by atoms with E-state index in [0.717, 1.165) is 24.1 Å². The molecule has 0 heterocycles. The Bertz CT molecular complexity index is 649. The van der Waals surface area contributed by atoms with Crippen molar-refractivity contribution in [3.63, 3.8) is 0 Å². The van der Waals surface area contributed by atoms with Gasteiger partial charge in [0.05, 0.1) is 6.10 Å². The summed E-state index contributed by atoms with van der Waals surface area (Å²) in [4.78, 5) is 10.8. The number of nitrogens with one attached hydrogen (secondary N) is 1. The minimum atomic E-state index is -0.583. The van der Waals surface area contributed by atoms with Gasteiger partial charge in [0.15, 0.2) is 0 Å². The Kier molecular flexibility index (Phi) is 9.59. The summed E-state index contributed by atoms with van der Waals surface area (Å²) < 4.78 is 4.99. The zero-order valence-electron chi connectivity index (χ0n) is 13.0. The molecule has 0 aliphatic rings. The zero-order valence-corrected chi connectivity index (χ0v) is 13.7. The third-order valence-corrected chi connectivity index (χ3v) is 3.58. The molecule has 2 aromatic rings. The van der Waals surface area contributed by atoms with Gasteiger partial charge in [-0.25, -0.2) is 0 Å². The second-order valence-electron chi connectivity index (χ2n) is 5.26. The maximum absolute atomic E-state index is 10.8. The van der Waals surface area contributed by atoms with Gasteiger partial charge in [-0.3, -0.25) is 4.79 Å². The Morgan fingerprint density at radius 1 is 1.25 bits per heavy atom. The molecule has 2 aromatic carbocycles. The number of hydrogen-bond acceptors (Lipinski definition) is 4. The molecule has 0 aliphatic carbocycles. The molecule has 0 saturated heterocycles. The van der Waals surface area contributed by atoms with E-state index in [9.17, 15) is 9.90 Å².